The zero-order chi connectivity index (χ0) is 28.2. The number of hydrogen-bond acceptors (Lipinski definition) is 7. The van der Waals surface area contributed by atoms with Gasteiger partial charge in [0.25, 0.3) is 0 Å². The topological polar surface area (TPSA) is 104 Å². The Labute approximate surface area is 236 Å². The van der Waals surface area contributed by atoms with Crippen LogP contribution < -0.4 is 24.7 Å². The van der Waals surface area contributed by atoms with Crippen molar-refractivity contribution in [2.24, 2.45) is 5.73 Å². The first kappa shape index (κ1) is 26.7. The molecule has 1 aliphatic rings. The maximum absolute atomic E-state index is 12.7. The minimum Gasteiger partial charge on any atom is -0.495 e. The van der Waals surface area contributed by atoms with Crippen LogP contribution in [0.25, 0.3) is 0 Å². The van der Waals surface area contributed by atoms with Gasteiger partial charge in [0, 0.05) is 11.6 Å². The average molecular weight is 553 g/mol. The van der Waals surface area contributed by atoms with Crippen LogP contribution in [-0.4, -0.2) is 13.1 Å². The number of allylic oxidation sites excluding steroid dienone is 1. The molecule has 5 rings (SSSR count). The van der Waals surface area contributed by atoms with E-state index >= 15 is 0 Å². The van der Waals surface area contributed by atoms with E-state index in [1.807, 2.05) is 55.5 Å². The first-order chi connectivity index (χ1) is 19.4. The monoisotopic (exact) mass is 552 g/mol. The molecule has 2 N–H and O–H groups in total. The summed E-state index contributed by atoms with van der Waals surface area (Å²) in [4.78, 5) is 12.7. The zero-order valence-electron chi connectivity index (χ0n) is 21.8. The third kappa shape index (κ3) is 5.58. The van der Waals surface area contributed by atoms with Crippen molar-refractivity contribution in [3.63, 3.8) is 0 Å². The van der Waals surface area contributed by atoms with E-state index in [2.05, 4.69) is 6.07 Å². The fourth-order valence-electron chi connectivity index (χ4n) is 4.44. The summed E-state index contributed by atoms with van der Waals surface area (Å²) < 4.78 is 22.5. The smallest absolute Gasteiger partial charge is 0.343 e. The van der Waals surface area contributed by atoms with Gasteiger partial charge in [-0.15, -0.1) is 0 Å². The van der Waals surface area contributed by atoms with Gasteiger partial charge < -0.3 is 24.7 Å². The summed E-state index contributed by atoms with van der Waals surface area (Å²) in [5.74, 6) is 0.621. The largest absolute Gasteiger partial charge is 0.495 e. The fourth-order valence-corrected chi connectivity index (χ4v) is 4.69. The highest BCUT2D eigenvalue weighted by Crippen LogP contribution is 2.44. The third-order valence-corrected chi connectivity index (χ3v) is 6.80. The molecule has 4 aromatic carbocycles. The molecule has 1 atom stereocenters. The SMILES string of the molecule is COc1ccc(C(=O)Oc2ccc3c(c2)OC(N)=C(C#N)C3c2cccc(OCc3ccc(C)cc3)c2)cc1Cl. The molecule has 0 amide bonds. The molecule has 40 heavy (non-hydrogen) atoms. The Balaban J connectivity index is 1.40. The van der Waals surface area contributed by atoms with E-state index in [0.717, 1.165) is 11.1 Å². The van der Waals surface area contributed by atoms with Crippen LogP contribution in [-0.2, 0) is 6.61 Å². The van der Waals surface area contributed by atoms with Gasteiger partial charge in [0.1, 0.15) is 41.2 Å². The number of benzene rings is 4. The normalized spacial score (nSPS) is 14.0. The lowest BCUT2D eigenvalue weighted by atomic mass is 9.83. The van der Waals surface area contributed by atoms with Gasteiger partial charge in [-0.05, 0) is 54.4 Å². The zero-order valence-corrected chi connectivity index (χ0v) is 22.6. The number of fused-ring (bicyclic) bond motifs is 1. The van der Waals surface area contributed by atoms with E-state index in [4.69, 9.17) is 36.3 Å². The molecule has 200 valence electrons. The van der Waals surface area contributed by atoms with E-state index in [1.165, 1.54) is 18.7 Å². The molecule has 0 bridgehead atoms. The van der Waals surface area contributed by atoms with Gasteiger partial charge in [0.15, 0.2) is 0 Å². The Hall–Kier alpha value is -4.93. The predicted molar refractivity (Wildman–Crippen MR) is 151 cm³/mol. The van der Waals surface area contributed by atoms with E-state index in [0.29, 0.717) is 34.4 Å². The summed E-state index contributed by atoms with van der Waals surface area (Å²) in [6, 6.07) is 27.5. The Bertz CT molecular complexity index is 1660. The van der Waals surface area contributed by atoms with Gasteiger partial charge in [-0.3, -0.25) is 0 Å². The van der Waals surface area contributed by atoms with Crippen LogP contribution in [0.1, 0.15) is 38.5 Å². The molecule has 0 aromatic heterocycles. The summed E-state index contributed by atoms with van der Waals surface area (Å²) in [7, 11) is 1.49. The van der Waals surface area contributed by atoms with Gasteiger partial charge in [-0.25, -0.2) is 4.79 Å². The summed E-state index contributed by atoms with van der Waals surface area (Å²) in [6.07, 6.45) is 0. The molecular formula is C32H25ClN2O5. The number of carbonyl (C=O) groups excluding carboxylic acids is 1. The Morgan fingerprint density at radius 3 is 2.55 bits per heavy atom. The average Bonchev–Trinajstić information content (AvgIpc) is 2.96. The van der Waals surface area contributed by atoms with Crippen molar-refractivity contribution in [2.45, 2.75) is 19.4 Å². The van der Waals surface area contributed by atoms with Gasteiger partial charge in [-0.2, -0.15) is 5.26 Å². The Morgan fingerprint density at radius 2 is 1.82 bits per heavy atom. The maximum atomic E-state index is 12.7. The molecule has 0 fully saturated rings. The van der Waals surface area contributed by atoms with Crippen LogP contribution in [0.4, 0.5) is 0 Å². The number of rotatable bonds is 7. The molecule has 0 aliphatic carbocycles. The van der Waals surface area contributed by atoms with E-state index in [9.17, 15) is 10.1 Å². The second kappa shape index (κ2) is 11.4. The highest BCUT2D eigenvalue weighted by atomic mass is 35.5. The van der Waals surface area contributed by atoms with E-state index in [1.54, 1.807) is 30.3 Å². The van der Waals surface area contributed by atoms with Crippen LogP contribution in [0.5, 0.6) is 23.0 Å². The van der Waals surface area contributed by atoms with Crippen molar-refractivity contribution in [1.29, 1.82) is 5.26 Å². The van der Waals surface area contributed by atoms with Crippen molar-refractivity contribution in [1.82, 2.24) is 0 Å². The lowest BCUT2D eigenvalue weighted by Gasteiger charge is -2.27. The molecule has 0 saturated carbocycles. The van der Waals surface area contributed by atoms with Crippen molar-refractivity contribution < 1.29 is 23.7 Å². The molecule has 7 nitrogen and oxygen atoms in total. The summed E-state index contributed by atoms with van der Waals surface area (Å²) >= 11 is 6.15. The molecule has 1 aliphatic heterocycles. The molecule has 0 spiro atoms. The predicted octanol–water partition coefficient (Wildman–Crippen LogP) is 6.67. The number of nitrogens with two attached hydrogens (primary N) is 1. The van der Waals surface area contributed by atoms with Gasteiger partial charge in [0.05, 0.1) is 23.6 Å². The molecule has 0 radical (unpaired) electrons. The molecule has 1 unspecified atom stereocenters. The van der Waals surface area contributed by atoms with Crippen molar-refractivity contribution in [3.8, 4) is 29.1 Å². The van der Waals surface area contributed by atoms with Crippen molar-refractivity contribution in [2.75, 3.05) is 7.11 Å². The first-order valence-corrected chi connectivity index (χ1v) is 12.8. The fraction of sp³-hybridized carbons (Fsp3) is 0.125. The number of esters is 1. The summed E-state index contributed by atoms with van der Waals surface area (Å²) in [5, 5.41) is 10.2. The number of ether oxygens (including phenoxy) is 4. The molecule has 0 saturated heterocycles. The maximum Gasteiger partial charge on any atom is 0.343 e. The molecular weight excluding hydrogens is 528 g/mol. The Kier molecular flexibility index (Phi) is 7.63. The van der Waals surface area contributed by atoms with Crippen LogP contribution in [0, 0.1) is 18.3 Å². The van der Waals surface area contributed by atoms with Crippen molar-refractivity contribution >= 4 is 17.6 Å². The second-order valence-electron chi connectivity index (χ2n) is 9.21. The van der Waals surface area contributed by atoms with Crippen molar-refractivity contribution in [3.05, 3.63) is 129 Å². The number of nitriles is 1. The summed E-state index contributed by atoms with van der Waals surface area (Å²) in [5.41, 5.74) is 10.5. The first-order valence-electron chi connectivity index (χ1n) is 12.4. The number of methoxy groups -OCH3 is 1. The quantitative estimate of drug-likeness (QED) is 0.201. The number of aryl methyl sites for hydroxylation is 1. The molecule has 1 heterocycles. The van der Waals surface area contributed by atoms with Gasteiger partial charge >= 0.3 is 5.97 Å². The second-order valence-corrected chi connectivity index (χ2v) is 9.62. The van der Waals surface area contributed by atoms with E-state index in [-0.39, 0.29) is 22.8 Å². The van der Waals surface area contributed by atoms with Crippen LogP contribution in [0.2, 0.25) is 5.02 Å². The Morgan fingerprint density at radius 1 is 1.02 bits per heavy atom. The van der Waals surface area contributed by atoms with Crippen LogP contribution in [0.3, 0.4) is 0 Å². The number of carbonyl (C=O) groups is 1. The lowest BCUT2D eigenvalue weighted by molar-refractivity contribution is 0.0734. The number of nitrogens with zero attached hydrogens (tertiary/aromatic N) is 1. The van der Waals surface area contributed by atoms with Crippen LogP contribution in [0.15, 0.2) is 96.4 Å². The van der Waals surface area contributed by atoms with Gasteiger partial charge in [-0.1, -0.05) is 59.6 Å². The third-order valence-electron chi connectivity index (χ3n) is 6.51. The molecule has 4 aromatic rings. The van der Waals surface area contributed by atoms with Crippen LogP contribution >= 0.6 is 11.6 Å². The lowest BCUT2D eigenvalue weighted by Crippen LogP contribution is -2.21. The number of halogens is 1. The highest BCUT2D eigenvalue weighted by molar-refractivity contribution is 6.32. The standard InChI is InChI=1S/C32H25ClN2O5/c1-19-6-8-20(9-7-19)18-38-23-5-3-4-21(14-23)30-25-12-11-24(16-29(25)40-31(35)26(30)17-34)39-32(36)22-10-13-28(37-2)27(33)15-22/h3-16,30H,18,35H2,1-2H3. The van der Waals surface area contributed by atoms with E-state index < -0.39 is 11.9 Å². The highest BCUT2D eigenvalue weighted by Gasteiger charge is 2.31. The molecule has 8 heteroatoms. The minimum absolute atomic E-state index is 0.0172. The van der Waals surface area contributed by atoms with Gasteiger partial charge in [0.2, 0.25) is 5.88 Å². The number of hydrogen-bond donors (Lipinski definition) is 1. The summed E-state index contributed by atoms with van der Waals surface area (Å²) in [6.45, 7) is 2.45. The minimum atomic E-state index is -0.600.